The van der Waals surface area contributed by atoms with E-state index >= 15 is 4.79 Å². The van der Waals surface area contributed by atoms with Gasteiger partial charge in [0.25, 0.3) is 0 Å². The number of hydrogen-bond donors (Lipinski definition) is 0. The second-order valence-electron chi connectivity index (χ2n) is 13.1. The smallest absolute Gasteiger partial charge is 0.176 e. The minimum Gasteiger partial charge on any atom is -0.491 e. The van der Waals surface area contributed by atoms with Gasteiger partial charge >= 0.3 is 0 Å². The number of rotatable bonds is 5. The summed E-state index contributed by atoms with van der Waals surface area (Å²) in [5.41, 5.74) is 1.10. The van der Waals surface area contributed by atoms with Gasteiger partial charge < -0.3 is 9.64 Å². The molecular weight excluding hydrogens is 482 g/mol. The maximum Gasteiger partial charge on any atom is 0.176 e. The number of nitrogens with zero attached hydrogens (tertiary/aromatic N) is 3. The zero-order valence-corrected chi connectivity index (χ0v) is 22.7. The minimum atomic E-state index is -1.40. The van der Waals surface area contributed by atoms with Crippen molar-refractivity contribution in [2.24, 2.45) is 28.6 Å². The summed E-state index contributed by atoms with van der Waals surface area (Å²) in [6, 6.07) is 19.8. The van der Waals surface area contributed by atoms with Gasteiger partial charge in [0.2, 0.25) is 0 Å². The molecule has 0 amide bonds. The molecule has 6 aliphatic rings. The number of hydrogen-bond acceptors (Lipinski definition) is 5. The molecule has 39 heavy (non-hydrogen) atoms. The third-order valence-corrected chi connectivity index (χ3v) is 10.4. The Balaban J connectivity index is 1.40. The minimum absolute atomic E-state index is 0.0423. The highest BCUT2D eigenvalue weighted by Gasteiger charge is 2.66. The van der Waals surface area contributed by atoms with E-state index in [4.69, 9.17) is 4.74 Å². The number of ketones is 1. The molecule has 4 bridgehead atoms. The lowest BCUT2D eigenvalue weighted by atomic mass is 9.47. The van der Waals surface area contributed by atoms with Crippen LogP contribution in [0.15, 0.2) is 54.6 Å². The molecule has 0 aromatic heterocycles. The summed E-state index contributed by atoms with van der Waals surface area (Å²) in [6.45, 7) is 3.98. The number of para-hydroxylation sites is 1. The number of anilines is 1. The van der Waals surface area contributed by atoms with Crippen molar-refractivity contribution in [3.05, 3.63) is 65.7 Å². The van der Waals surface area contributed by atoms with Crippen LogP contribution in [-0.4, -0.2) is 24.0 Å². The SMILES string of the molecule is CC(C)Oc1ccc([C@@H]2[C@H](C(=O)C34CC5CC(CC(C5)C3)C4)N3c4ccccc4C=C[C@H]3C2(C#N)C#N)cc1. The molecule has 0 radical (unpaired) electrons. The quantitative estimate of drug-likeness (QED) is 0.443. The predicted octanol–water partition coefficient (Wildman–Crippen LogP) is 6.66. The fourth-order valence-electron chi connectivity index (χ4n) is 9.36. The Hall–Kier alpha value is -3.57. The van der Waals surface area contributed by atoms with Crippen molar-refractivity contribution in [3.8, 4) is 17.9 Å². The van der Waals surface area contributed by atoms with Crippen LogP contribution in [0, 0.1) is 51.2 Å². The third-order valence-electron chi connectivity index (χ3n) is 10.4. The summed E-state index contributed by atoms with van der Waals surface area (Å²) in [5.74, 6) is 2.34. The highest BCUT2D eigenvalue weighted by atomic mass is 16.5. The standard InChI is InChI=1S/C34H35N3O2/c1-21(2)39-27-10-7-26(8-11-27)30-31(32(38)33-16-22-13-23(17-33)15-24(14-22)18-33)37-28-6-4-3-5-25(28)9-12-29(37)34(30,19-35)20-36/h3-12,21-24,29-31H,13-18H2,1-2H3/t22?,23?,24?,29-,30+,31+,33?/m0/s1. The fourth-order valence-corrected chi connectivity index (χ4v) is 9.36. The van der Waals surface area contributed by atoms with E-state index in [1.165, 1.54) is 19.3 Å². The molecular formula is C34H35N3O2. The van der Waals surface area contributed by atoms with Crippen molar-refractivity contribution in [2.75, 3.05) is 4.90 Å². The zero-order valence-electron chi connectivity index (χ0n) is 22.7. The molecule has 2 heterocycles. The van der Waals surface area contributed by atoms with Gasteiger partial charge in [-0.3, -0.25) is 4.79 Å². The van der Waals surface area contributed by atoms with E-state index in [1.807, 2.05) is 68.5 Å². The molecule has 2 aliphatic heterocycles. The van der Waals surface area contributed by atoms with Gasteiger partial charge in [-0.2, -0.15) is 10.5 Å². The molecule has 0 unspecified atom stereocenters. The van der Waals surface area contributed by atoms with Gasteiger partial charge in [0.1, 0.15) is 5.75 Å². The maximum atomic E-state index is 15.2. The van der Waals surface area contributed by atoms with Crippen LogP contribution in [0.1, 0.15) is 69.4 Å². The summed E-state index contributed by atoms with van der Waals surface area (Å²) >= 11 is 0. The van der Waals surface area contributed by atoms with Gasteiger partial charge in [0, 0.05) is 17.0 Å². The Morgan fingerprint density at radius 1 is 0.949 bits per heavy atom. The van der Waals surface area contributed by atoms with E-state index in [2.05, 4.69) is 23.1 Å². The second-order valence-corrected chi connectivity index (χ2v) is 13.1. The number of Topliss-reactive ketones (excluding diaryl/α,β-unsaturated/α-hetero) is 1. The third kappa shape index (κ3) is 3.52. The topological polar surface area (TPSA) is 77.1 Å². The van der Waals surface area contributed by atoms with Crippen molar-refractivity contribution < 1.29 is 9.53 Å². The number of fused-ring (bicyclic) bond motifs is 3. The Morgan fingerprint density at radius 2 is 1.56 bits per heavy atom. The number of nitriles is 2. The van der Waals surface area contributed by atoms with E-state index in [-0.39, 0.29) is 17.3 Å². The number of ether oxygens (including phenoxy) is 1. The number of carbonyl (C=O) groups excluding carboxylic acids is 1. The molecule has 198 valence electrons. The molecule has 8 rings (SSSR count). The van der Waals surface area contributed by atoms with Crippen LogP contribution < -0.4 is 9.64 Å². The summed E-state index contributed by atoms with van der Waals surface area (Å²) in [7, 11) is 0. The first-order valence-electron chi connectivity index (χ1n) is 14.6. The van der Waals surface area contributed by atoms with Gasteiger partial charge in [-0.25, -0.2) is 0 Å². The zero-order chi connectivity index (χ0) is 26.9. The molecule has 5 nitrogen and oxygen atoms in total. The Morgan fingerprint density at radius 3 is 2.15 bits per heavy atom. The van der Waals surface area contributed by atoms with E-state index in [0.717, 1.165) is 41.8 Å². The second kappa shape index (κ2) is 8.72. The van der Waals surface area contributed by atoms with Crippen LogP contribution in [0.4, 0.5) is 5.69 Å². The van der Waals surface area contributed by atoms with Crippen molar-refractivity contribution in [2.45, 2.75) is 76.5 Å². The normalized spacial score (nSPS) is 34.7. The molecule has 4 saturated carbocycles. The molecule has 5 fully saturated rings. The fraction of sp³-hybridized carbons (Fsp3) is 0.500. The summed E-state index contributed by atoms with van der Waals surface area (Å²) in [5, 5.41) is 21.5. The van der Waals surface area contributed by atoms with Gasteiger partial charge in [-0.1, -0.05) is 42.5 Å². The van der Waals surface area contributed by atoms with E-state index in [0.29, 0.717) is 17.8 Å². The molecule has 2 aromatic carbocycles. The number of benzene rings is 2. The Bertz CT molecular complexity index is 1380. The van der Waals surface area contributed by atoms with Crippen molar-refractivity contribution in [3.63, 3.8) is 0 Å². The average Bonchev–Trinajstić information content (AvgIpc) is 3.23. The van der Waals surface area contributed by atoms with Crippen molar-refractivity contribution in [1.82, 2.24) is 0 Å². The van der Waals surface area contributed by atoms with Crippen LogP contribution in [-0.2, 0) is 4.79 Å². The Labute approximate surface area is 231 Å². The molecule has 4 aliphatic carbocycles. The molecule has 0 spiro atoms. The lowest BCUT2D eigenvalue weighted by Crippen LogP contribution is -2.56. The Kier molecular flexibility index (Phi) is 5.47. The van der Waals surface area contributed by atoms with Crippen LogP contribution >= 0.6 is 0 Å². The van der Waals surface area contributed by atoms with E-state index < -0.39 is 23.4 Å². The monoisotopic (exact) mass is 517 g/mol. The molecule has 2 aromatic rings. The first-order valence-corrected chi connectivity index (χ1v) is 14.6. The van der Waals surface area contributed by atoms with Gasteiger partial charge in [-0.05, 0) is 99.5 Å². The van der Waals surface area contributed by atoms with Gasteiger partial charge in [0.15, 0.2) is 11.2 Å². The first kappa shape index (κ1) is 24.5. The van der Waals surface area contributed by atoms with Crippen LogP contribution in [0.5, 0.6) is 5.75 Å². The van der Waals surface area contributed by atoms with E-state index in [9.17, 15) is 10.5 Å². The summed E-state index contributed by atoms with van der Waals surface area (Å²) in [6.07, 6.45) is 10.7. The average molecular weight is 518 g/mol. The molecule has 5 heteroatoms. The lowest BCUT2D eigenvalue weighted by Gasteiger charge is -2.57. The highest BCUT2D eigenvalue weighted by molar-refractivity contribution is 5.97. The van der Waals surface area contributed by atoms with Gasteiger partial charge in [0.05, 0.1) is 30.3 Å². The molecule has 0 N–H and O–H groups in total. The van der Waals surface area contributed by atoms with Crippen LogP contribution in [0.3, 0.4) is 0 Å². The van der Waals surface area contributed by atoms with Crippen LogP contribution in [0.25, 0.3) is 6.08 Å². The first-order chi connectivity index (χ1) is 18.9. The number of carbonyl (C=O) groups is 1. The largest absolute Gasteiger partial charge is 0.491 e. The lowest BCUT2D eigenvalue weighted by molar-refractivity contribution is -0.145. The highest BCUT2D eigenvalue weighted by Crippen LogP contribution is 2.63. The maximum absolute atomic E-state index is 15.2. The van der Waals surface area contributed by atoms with Gasteiger partial charge in [-0.15, -0.1) is 0 Å². The van der Waals surface area contributed by atoms with Crippen LogP contribution in [0.2, 0.25) is 0 Å². The molecule has 1 saturated heterocycles. The predicted molar refractivity (Wildman–Crippen MR) is 150 cm³/mol. The summed E-state index contributed by atoms with van der Waals surface area (Å²) in [4.78, 5) is 17.3. The summed E-state index contributed by atoms with van der Waals surface area (Å²) < 4.78 is 5.90. The van der Waals surface area contributed by atoms with Crippen molar-refractivity contribution in [1.29, 1.82) is 10.5 Å². The molecule has 3 atom stereocenters. The van der Waals surface area contributed by atoms with Crippen molar-refractivity contribution >= 4 is 17.5 Å². The van der Waals surface area contributed by atoms with E-state index in [1.54, 1.807) is 0 Å².